The van der Waals surface area contributed by atoms with E-state index in [0.29, 0.717) is 30.4 Å². The highest BCUT2D eigenvalue weighted by atomic mass is 16.5. The van der Waals surface area contributed by atoms with Gasteiger partial charge >= 0.3 is 0 Å². The Labute approximate surface area is 138 Å². The Balaban J connectivity index is 1.64. The summed E-state index contributed by atoms with van der Waals surface area (Å²) in [5, 5.41) is 7.82. The van der Waals surface area contributed by atoms with Crippen molar-refractivity contribution in [1.82, 2.24) is 20.2 Å². The van der Waals surface area contributed by atoms with Gasteiger partial charge in [-0.25, -0.2) is 0 Å². The third-order valence-electron chi connectivity index (χ3n) is 4.39. The molecule has 0 spiro atoms. The second kappa shape index (κ2) is 5.92. The molecule has 0 radical (unpaired) electrons. The van der Waals surface area contributed by atoms with Crippen molar-refractivity contribution in [1.29, 1.82) is 0 Å². The van der Waals surface area contributed by atoms with Crippen LogP contribution in [-0.2, 0) is 0 Å². The molecule has 2 aromatic heterocycles. The third-order valence-corrected chi connectivity index (χ3v) is 4.39. The standard InChI is InChI=1S/C17H16N4O3/c1-11-7-15(19-24-11)17(22)21-8-13(12-5-3-2-4-6-12)14(9-21)16-18-10-23-20-16/h2-7,10,13-14H,8-9H2,1H3/t13-,14+/m1/s1. The zero-order valence-electron chi connectivity index (χ0n) is 13.1. The summed E-state index contributed by atoms with van der Waals surface area (Å²) in [6, 6.07) is 11.7. The quantitative estimate of drug-likeness (QED) is 0.735. The van der Waals surface area contributed by atoms with Crippen LogP contribution >= 0.6 is 0 Å². The Kier molecular flexibility index (Phi) is 3.60. The van der Waals surface area contributed by atoms with Crippen LogP contribution in [0, 0.1) is 6.92 Å². The van der Waals surface area contributed by atoms with E-state index in [1.807, 2.05) is 18.2 Å². The molecule has 1 aromatic carbocycles. The molecule has 7 nitrogen and oxygen atoms in total. The molecule has 3 aromatic rings. The minimum absolute atomic E-state index is 0.0110. The molecule has 3 heterocycles. The SMILES string of the molecule is Cc1cc(C(=O)N2C[C@H](c3ccccc3)[C@@H](c3ncon3)C2)no1. The molecule has 0 unspecified atom stereocenters. The smallest absolute Gasteiger partial charge is 0.276 e. The van der Waals surface area contributed by atoms with E-state index in [4.69, 9.17) is 9.05 Å². The molecule has 122 valence electrons. The molecular weight excluding hydrogens is 308 g/mol. The zero-order chi connectivity index (χ0) is 16.5. The molecule has 1 saturated heterocycles. The number of carbonyl (C=O) groups is 1. The Morgan fingerprint density at radius 2 is 1.96 bits per heavy atom. The predicted octanol–water partition coefficient (Wildman–Crippen LogP) is 2.39. The van der Waals surface area contributed by atoms with Gasteiger partial charge in [0.05, 0.1) is 0 Å². The molecule has 2 atom stereocenters. The summed E-state index contributed by atoms with van der Waals surface area (Å²) in [6.07, 6.45) is 1.32. The zero-order valence-corrected chi connectivity index (χ0v) is 13.1. The van der Waals surface area contributed by atoms with E-state index < -0.39 is 0 Å². The van der Waals surface area contributed by atoms with Crippen molar-refractivity contribution in [3.63, 3.8) is 0 Å². The molecule has 24 heavy (non-hydrogen) atoms. The number of aryl methyl sites for hydroxylation is 1. The van der Waals surface area contributed by atoms with Crippen LogP contribution in [0.2, 0.25) is 0 Å². The lowest BCUT2D eigenvalue weighted by molar-refractivity contribution is 0.0778. The number of amides is 1. The predicted molar refractivity (Wildman–Crippen MR) is 83.4 cm³/mol. The fourth-order valence-electron chi connectivity index (χ4n) is 3.24. The first-order valence-corrected chi connectivity index (χ1v) is 7.76. The van der Waals surface area contributed by atoms with Gasteiger partial charge < -0.3 is 13.9 Å². The molecule has 4 rings (SSSR count). The minimum atomic E-state index is -0.140. The van der Waals surface area contributed by atoms with Gasteiger partial charge in [0.2, 0.25) is 6.39 Å². The minimum Gasteiger partial charge on any atom is -0.361 e. The normalized spacial score (nSPS) is 20.5. The van der Waals surface area contributed by atoms with Crippen molar-refractivity contribution in [3.05, 3.63) is 65.6 Å². The van der Waals surface area contributed by atoms with Crippen LogP contribution < -0.4 is 0 Å². The Hall–Kier alpha value is -2.96. The fraction of sp³-hybridized carbons (Fsp3) is 0.294. The summed E-state index contributed by atoms with van der Waals surface area (Å²) in [7, 11) is 0. The molecule has 1 aliphatic rings. The Morgan fingerprint density at radius 3 is 2.62 bits per heavy atom. The summed E-state index contributed by atoms with van der Waals surface area (Å²) in [5.74, 6) is 1.20. The van der Waals surface area contributed by atoms with Crippen LogP contribution in [-0.4, -0.2) is 39.2 Å². The molecule has 1 amide bonds. The van der Waals surface area contributed by atoms with E-state index in [1.165, 1.54) is 6.39 Å². The largest absolute Gasteiger partial charge is 0.361 e. The number of benzene rings is 1. The monoisotopic (exact) mass is 324 g/mol. The molecule has 1 fully saturated rings. The Morgan fingerprint density at radius 1 is 1.17 bits per heavy atom. The molecule has 0 aliphatic carbocycles. The third kappa shape index (κ3) is 2.58. The highest BCUT2D eigenvalue weighted by Crippen LogP contribution is 2.38. The first kappa shape index (κ1) is 14.6. The van der Waals surface area contributed by atoms with Crippen LogP contribution in [0.25, 0.3) is 0 Å². The van der Waals surface area contributed by atoms with E-state index in [2.05, 4.69) is 27.4 Å². The average Bonchev–Trinajstić information content (AvgIpc) is 3.35. The maximum absolute atomic E-state index is 12.7. The number of hydrogen-bond donors (Lipinski definition) is 0. The summed E-state index contributed by atoms with van der Waals surface area (Å²) in [5.41, 5.74) is 1.48. The highest BCUT2D eigenvalue weighted by Gasteiger charge is 2.40. The lowest BCUT2D eigenvalue weighted by Crippen LogP contribution is -2.29. The van der Waals surface area contributed by atoms with Crippen molar-refractivity contribution in [2.45, 2.75) is 18.8 Å². The first-order valence-electron chi connectivity index (χ1n) is 7.76. The summed E-state index contributed by atoms with van der Waals surface area (Å²) in [6.45, 7) is 2.86. The average molecular weight is 324 g/mol. The number of rotatable bonds is 3. The van der Waals surface area contributed by atoms with Gasteiger partial charge in [-0.1, -0.05) is 40.6 Å². The van der Waals surface area contributed by atoms with Gasteiger partial charge in [-0.15, -0.1) is 0 Å². The summed E-state index contributed by atoms with van der Waals surface area (Å²) in [4.78, 5) is 18.7. The van der Waals surface area contributed by atoms with Crippen molar-refractivity contribution in [2.75, 3.05) is 13.1 Å². The number of carbonyl (C=O) groups excluding carboxylic acids is 1. The van der Waals surface area contributed by atoms with E-state index in [9.17, 15) is 4.79 Å². The van der Waals surface area contributed by atoms with Gasteiger partial charge in [-0.05, 0) is 12.5 Å². The second-order valence-electron chi connectivity index (χ2n) is 5.95. The number of hydrogen-bond acceptors (Lipinski definition) is 6. The van der Waals surface area contributed by atoms with E-state index >= 15 is 0 Å². The lowest BCUT2D eigenvalue weighted by Gasteiger charge is -2.15. The van der Waals surface area contributed by atoms with Crippen molar-refractivity contribution in [3.8, 4) is 0 Å². The van der Waals surface area contributed by atoms with Gasteiger partial charge in [-0.3, -0.25) is 4.79 Å². The molecule has 7 heteroatoms. The van der Waals surface area contributed by atoms with Gasteiger partial charge in [0.25, 0.3) is 5.91 Å². The van der Waals surface area contributed by atoms with Gasteiger partial charge in [0.1, 0.15) is 5.76 Å². The van der Waals surface area contributed by atoms with Crippen LogP contribution in [0.3, 0.4) is 0 Å². The van der Waals surface area contributed by atoms with Crippen molar-refractivity contribution >= 4 is 5.91 Å². The summed E-state index contributed by atoms with van der Waals surface area (Å²) >= 11 is 0. The van der Waals surface area contributed by atoms with Crippen LogP contribution in [0.15, 0.2) is 51.8 Å². The van der Waals surface area contributed by atoms with E-state index in [-0.39, 0.29) is 17.7 Å². The van der Waals surface area contributed by atoms with Gasteiger partial charge in [0, 0.05) is 31.0 Å². The van der Waals surface area contributed by atoms with Crippen LogP contribution in [0.5, 0.6) is 0 Å². The van der Waals surface area contributed by atoms with E-state index in [0.717, 1.165) is 5.56 Å². The number of aromatic nitrogens is 3. The van der Waals surface area contributed by atoms with E-state index in [1.54, 1.807) is 17.9 Å². The molecule has 1 aliphatic heterocycles. The molecule has 0 N–H and O–H groups in total. The Bertz CT molecular complexity index is 829. The fourth-order valence-corrected chi connectivity index (χ4v) is 3.24. The second-order valence-corrected chi connectivity index (χ2v) is 5.95. The maximum atomic E-state index is 12.7. The van der Waals surface area contributed by atoms with Crippen LogP contribution in [0.1, 0.15) is 39.5 Å². The number of nitrogens with zero attached hydrogens (tertiary/aromatic N) is 4. The molecular formula is C17H16N4O3. The van der Waals surface area contributed by atoms with Gasteiger partial charge in [0.15, 0.2) is 11.5 Å². The summed E-state index contributed by atoms with van der Waals surface area (Å²) < 4.78 is 9.92. The first-order chi connectivity index (χ1) is 11.7. The lowest BCUT2D eigenvalue weighted by atomic mass is 9.88. The van der Waals surface area contributed by atoms with Crippen LogP contribution in [0.4, 0.5) is 0 Å². The van der Waals surface area contributed by atoms with Crippen molar-refractivity contribution < 1.29 is 13.8 Å². The van der Waals surface area contributed by atoms with Crippen molar-refractivity contribution in [2.24, 2.45) is 0 Å². The topological polar surface area (TPSA) is 85.3 Å². The number of likely N-dealkylation sites (tertiary alicyclic amines) is 1. The maximum Gasteiger partial charge on any atom is 0.276 e. The molecule has 0 saturated carbocycles. The highest BCUT2D eigenvalue weighted by molar-refractivity contribution is 5.92. The molecule has 0 bridgehead atoms. The van der Waals surface area contributed by atoms with Gasteiger partial charge in [-0.2, -0.15) is 4.98 Å².